The highest BCUT2D eigenvalue weighted by molar-refractivity contribution is 7.92. The van der Waals surface area contributed by atoms with Gasteiger partial charge in [-0.2, -0.15) is 0 Å². The zero-order chi connectivity index (χ0) is 17.4. The first kappa shape index (κ1) is 17.2. The summed E-state index contributed by atoms with van der Waals surface area (Å²) in [4.78, 5) is 13.0. The molecule has 7 heteroatoms. The Balaban J connectivity index is 1.80. The van der Waals surface area contributed by atoms with Crippen molar-refractivity contribution < 1.29 is 13.2 Å². The molecule has 1 aromatic carbocycles. The predicted molar refractivity (Wildman–Crippen MR) is 95.5 cm³/mol. The van der Waals surface area contributed by atoms with E-state index >= 15 is 0 Å². The molecule has 0 aromatic heterocycles. The van der Waals surface area contributed by atoms with Gasteiger partial charge in [0.2, 0.25) is 15.9 Å². The molecule has 1 saturated heterocycles. The Hall–Kier alpha value is -1.60. The molecule has 0 spiro atoms. The van der Waals surface area contributed by atoms with Gasteiger partial charge in [0.15, 0.2) is 0 Å². The molecule has 1 aliphatic heterocycles. The molecule has 132 valence electrons. The van der Waals surface area contributed by atoms with E-state index < -0.39 is 10.0 Å². The third-order valence-corrected chi connectivity index (χ3v) is 5.87. The van der Waals surface area contributed by atoms with Crippen LogP contribution in [-0.4, -0.2) is 33.7 Å². The number of carbonyl (C=O) groups excluding carboxylic acids is 1. The van der Waals surface area contributed by atoms with Crippen molar-refractivity contribution in [2.45, 2.75) is 32.6 Å². The first-order valence-electron chi connectivity index (χ1n) is 8.41. The van der Waals surface area contributed by atoms with Gasteiger partial charge >= 0.3 is 0 Å². The number of carbonyl (C=O) groups is 1. The zero-order valence-electron chi connectivity index (χ0n) is 14.2. The maximum Gasteiger partial charge on any atom is 0.232 e. The van der Waals surface area contributed by atoms with Crippen LogP contribution in [0.5, 0.6) is 0 Å². The Kier molecular flexibility index (Phi) is 4.57. The van der Waals surface area contributed by atoms with E-state index in [2.05, 4.69) is 15.4 Å². The molecule has 0 unspecified atom stereocenters. The molecular formula is C17H25N3O3S. The minimum absolute atomic E-state index is 0.0476. The zero-order valence-corrected chi connectivity index (χ0v) is 15.0. The fourth-order valence-corrected chi connectivity index (χ4v) is 4.57. The summed E-state index contributed by atoms with van der Waals surface area (Å²) in [5.41, 5.74) is 1.61. The van der Waals surface area contributed by atoms with Gasteiger partial charge in [0.1, 0.15) is 0 Å². The molecule has 0 radical (unpaired) electrons. The van der Waals surface area contributed by atoms with Gasteiger partial charge in [-0.25, -0.2) is 8.42 Å². The van der Waals surface area contributed by atoms with E-state index in [-0.39, 0.29) is 11.3 Å². The molecule has 2 aliphatic rings. The van der Waals surface area contributed by atoms with E-state index in [1.165, 1.54) is 6.42 Å². The van der Waals surface area contributed by atoms with E-state index in [0.29, 0.717) is 17.3 Å². The Morgan fingerprint density at radius 2 is 2.12 bits per heavy atom. The largest absolute Gasteiger partial charge is 0.325 e. The van der Waals surface area contributed by atoms with Crippen LogP contribution in [0, 0.1) is 18.3 Å². The topological polar surface area (TPSA) is 87.3 Å². The molecular weight excluding hydrogens is 326 g/mol. The number of fused-ring (bicyclic) bond motifs is 1. The van der Waals surface area contributed by atoms with Crippen molar-refractivity contribution in [3.05, 3.63) is 23.8 Å². The third kappa shape index (κ3) is 3.42. The molecule has 2 fully saturated rings. The fraction of sp³-hybridized carbons (Fsp3) is 0.588. The van der Waals surface area contributed by atoms with Gasteiger partial charge in [-0.3, -0.25) is 9.52 Å². The SMILES string of the molecule is Cc1ccc(NC(=O)[C@@]23CCCC[C@H]2CNC3)cc1NS(C)(=O)=O. The van der Waals surface area contributed by atoms with Gasteiger partial charge in [-0.05, 0) is 49.9 Å². The number of hydrogen-bond donors (Lipinski definition) is 3. The molecule has 6 nitrogen and oxygen atoms in total. The Bertz CT molecular complexity index is 747. The minimum Gasteiger partial charge on any atom is -0.325 e. The normalized spacial score (nSPS) is 26.7. The lowest BCUT2D eigenvalue weighted by Crippen LogP contribution is -2.44. The summed E-state index contributed by atoms with van der Waals surface area (Å²) in [5.74, 6) is 0.441. The summed E-state index contributed by atoms with van der Waals surface area (Å²) >= 11 is 0. The first-order chi connectivity index (χ1) is 11.3. The van der Waals surface area contributed by atoms with Gasteiger partial charge in [0.05, 0.1) is 17.4 Å². The van der Waals surface area contributed by atoms with Crippen LogP contribution in [-0.2, 0) is 14.8 Å². The number of benzene rings is 1. The van der Waals surface area contributed by atoms with E-state index in [4.69, 9.17) is 0 Å². The summed E-state index contributed by atoms with van der Waals surface area (Å²) in [6, 6.07) is 5.31. The summed E-state index contributed by atoms with van der Waals surface area (Å²) in [6.07, 6.45) is 5.40. The van der Waals surface area contributed by atoms with Crippen LogP contribution >= 0.6 is 0 Å². The summed E-state index contributed by atoms with van der Waals surface area (Å²) in [6.45, 7) is 3.46. The standard InChI is InChI=1S/C17H25N3O3S/c1-12-6-7-14(9-15(12)20-24(2,22)23)19-16(21)17-8-4-3-5-13(17)10-18-11-17/h6-7,9,13,18,20H,3-5,8,10-11H2,1-2H3,(H,19,21)/t13-,17+/m0/s1. The maximum absolute atomic E-state index is 13.0. The van der Waals surface area contributed by atoms with Gasteiger partial charge in [-0.15, -0.1) is 0 Å². The lowest BCUT2D eigenvalue weighted by molar-refractivity contribution is -0.128. The predicted octanol–water partition coefficient (Wildman–Crippen LogP) is 2.08. The van der Waals surface area contributed by atoms with Crippen LogP contribution < -0.4 is 15.4 Å². The van der Waals surface area contributed by atoms with Crippen molar-refractivity contribution in [3.8, 4) is 0 Å². The third-order valence-electron chi connectivity index (χ3n) is 5.28. The highest BCUT2D eigenvalue weighted by Gasteiger charge is 2.49. The second kappa shape index (κ2) is 6.37. The van der Waals surface area contributed by atoms with E-state index in [1.54, 1.807) is 6.07 Å². The Morgan fingerprint density at radius 1 is 1.33 bits per heavy atom. The molecule has 1 aliphatic carbocycles. The van der Waals surface area contributed by atoms with Crippen molar-refractivity contribution in [1.82, 2.24) is 5.32 Å². The molecule has 24 heavy (non-hydrogen) atoms. The number of aryl methyl sites for hydroxylation is 1. The highest BCUT2D eigenvalue weighted by atomic mass is 32.2. The average Bonchev–Trinajstić information content (AvgIpc) is 2.94. The molecule has 1 amide bonds. The lowest BCUT2D eigenvalue weighted by atomic mass is 9.67. The molecule has 3 N–H and O–H groups in total. The molecule has 0 bridgehead atoms. The molecule has 2 atom stereocenters. The number of sulfonamides is 1. The Labute approximate surface area is 143 Å². The first-order valence-corrected chi connectivity index (χ1v) is 10.3. The molecule has 3 rings (SSSR count). The van der Waals surface area contributed by atoms with Gasteiger partial charge < -0.3 is 10.6 Å². The van der Waals surface area contributed by atoms with Crippen LogP contribution in [0.3, 0.4) is 0 Å². The van der Waals surface area contributed by atoms with Crippen molar-refractivity contribution >= 4 is 27.3 Å². The smallest absolute Gasteiger partial charge is 0.232 e. The maximum atomic E-state index is 13.0. The average molecular weight is 351 g/mol. The van der Waals surface area contributed by atoms with E-state index in [0.717, 1.165) is 44.2 Å². The Morgan fingerprint density at radius 3 is 2.88 bits per heavy atom. The van der Waals surface area contributed by atoms with E-state index in [9.17, 15) is 13.2 Å². The lowest BCUT2D eigenvalue weighted by Gasteiger charge is -2.37. The quantitative estimate of drug-likeness (QED) is 0.775. The van der Waals surface area contributed by atoms with Crippen molar-refractivity contribution in [2.24, 2.45) is 11.3 Å². The number of amides is 1. The van der Waals surface area contributed by atoms with Crippen molar-refractivity contribution in [1.29, 1.82) is 0 Å². The van der Waals surface area contributed by atoms with Crippen LogP contribution in [0.25, 0.3) is 0 Å². The second-order valence-corrected chi connectivity index (χ2v) is 8.84. The fourth-order valence-electron chi connectivity index (χ4n) is 3.96. The molecule has 1 heterocycles. The summed E-state index contributed by atoms with van der Waals surface area (Å²) in [7, 11) is -3.35. The van der Waals surface area contributed by atoms with Crippen LogP contribution in [0.1, 0.15) is 31.2 Å². The summed E-state index contributed by atoms with van der Waals surface area (Å²) in [5, 5.41) is 6.38. The van der Waals surface area contributed by atoms with Crippen molar-refractivity contribution in [2.75, 3.05) is 29.4 Å². The van der Waals surface area contributed by atoms with E-state index in [1.807, 2.05) is 19.1 Å². The van der Waals surface area contributed by atoms with Crippen LogP contribution in [0.4, 0.5) is 11.4 Å². The van der Waals surface area contributed by atoms with Gasteiger partial charge in [0, 0.05) is 12.2 Å². The monoisotopic (exact) mass is 351 g/mol. The summed E-state index contributed by atoms with van der Waals surface area (Å²) < 4.78 is 25.4. The number of hydrogen-bond acceptors (Lipinski definition) is 4. The van der Waals surface area contributed by atoms with Crippen molar-refractivity contribution in [3.63, 3.8) is 0 Å². The number of anilines is 2. The van der Waals surface area contributed by atoms with Crippen LogP contribution in [0.2, 0.25) is 0 Å². The number of rotatable bonds is 4. The molecule has 1 saturated carbocycles. The van der Waals surface area contributed by atoms with Gasteiger partial charge in [-0.1, -0.05) is 18.9 Å². The second-order valence-electron chi connectivity index (χ2n) is 7.09. The number of nitrogens with one attached hydrogen (secondary N) is 3. The minimum atomic E-state index is -3.35. The highest BCUT2D eigenvalue weighted by Crippen LogP contribution is 2.44. The van der Waals surface area contributed by atoms with Gasteiger partial charge in [0.25, 0.3) is 0 Å². The molecule has 1 aromatic rings. The van der Waals surface area contributed by atoms with Crippen LogP contribution in [0.15, 0.2) is 18.2 Å².